The summed E-state index contributed by atoms with van der Waals surface area (Å²) in [5.74, 6) is -1.08. The second-order valence-electron chi connectivity index (χ2n) is 7.90. The van der Waals surface area contributed by atoms with E-state index in [4.69, 9.17) is 0 Å². The van der Waals surface area contributed by atoms with Gasteiger partial charge in [0.05, 0.1) is 17.2 Å². The Kier molecular flexibility index (Phi) is 4.13. The van der Waals surface area contributed by atoms with Crippen LogP contribution in [0.3, 0.4) is 0 Å². The number of halogens is 3. The van der Waals surface area contributed by atoms with Crippen LogP contribution in [0.1, 0.15) is 50.1 Å². The second-order valence-corrected chi connectivity index (χ2v) is 7.90. The highest BCUT2D eigenvalue weighted by Crippen LogP contribution is 2.54. The summed E-state index contributed by atoms with van der Waals surface area (Å²) in [6.45, 7) is 0. The number of benzene rings is 3. The van der Waals surface area contributed by atoms with Crippen molar-refractivity contribution >= 4 is 11.7 Å². The van der Waals surface area contributed by atoms with E-state index in [0.29, 0.717) is 12.0 Å². The molecule has 2 N–H and O–H groups in total. The van der Waals surface area contributed by atoms with Gasteiger partial charge >= 0.3 is 12.1 Å². The van der Waals surface area contributed by atoms with Crippen LogP contribution in [-0.2, 0) is 12.6 Å². The van der Waals surface area contributed by atoms with Crippen molar-refractivity contribution < 1.29 is 23.1 Å². The zero-order valence-electron chi connectivity index (χ0n) is 15.8. The molecular formula is C24H18F3NO2. The van der Waals surface area contributed by atoms with E-state index in [1.807, 2.05) is 24.3 Å². The number of alkyl halides is 3. The predicted molar refractivity (Wildman–Crippen MR) is 107 cm³/mol. The zero-order valence-corrected chi connectivity index (χ0v) is 15.8. The molecule has 2 aliphatic rings. The number of aromatic carboxylic acids is 1. The molecule has 3 nitrogen and oxygen atoms in total. The molecule has 0 saturated heterocycles. The Morgan fingerprint density at radius 1 is 0.967 bits per heavy atom. The van der Waals surface area contributed by atoms with Crippen LogP contribution in [0.25, 0.3) is 0 Å². The normalized spacial score (nSPS) is 21.9. The number of carboxylic acids is 1. The topological polar surface area (TPSA) is 49.3 Å². The van der Waals surface area contributed by atoms with Crippen LogP contribution in [-0.4, -0.2) is 11.1 Å². The van der Waals surface area contributed by atoms with Crippen molar-refractivity contribution in [1.29, 1.82) is 0 Å². The minimum Gasteiger partial charge on any atom is -0.478 e. The Bertz CT molecular complexity index is 1160. The van der Waals surface area contributed by atoms with E-state index < -0.39 is 17.7 Å². The van der Waals surface area contributed by atoms with Gasteiger partial charge in [0.1, 0.15) is 0 Å². The Labute approximate surface area is 171 Å². The van der Waals surface area contributed by atoms with Gasteiger partial charge in [0.2, 0.25) is 0 Å². The number of nitrogens with one attached hydrogen (secondary N) is 1. The first kappa shape index (κ1) is 18.7. The molecule has 0 aromatic heterocycles. The fourth-order valence-corrected chi connectivity index (χ4v) is 4.93. The summed E-state index contributed by atoms with van der Waals surface area (Å²) < 4.78 is 39.9. The van der Waals surface area contributed by atoms with Gasteiger partial charge < -0.3 is 10.4 Å². The average molecular weight is 409 g/mol. The van der Waals surface area contributed by atoms with Crippen molar-refractivity contribution in [1.82, 2.24) is 0 Å². The minimum absolute atomic E-state index is 0.0116. The van der Waals surface area contributed by atoms with E-state index >= 15 is 0 Å². The molecule has 5 rings (SSSR count). The van der Waals surface area contributed by atoms with E-state index in [1.165, 1.54) is 18.2 Å². The summed E-state index contributed by atoms with van der Waals surface area (Å²) in [7, 11) is 0. The van der Waals surface area contributed by atoms with Crippen molar-refractivity contribution in [2.45, 2.75) is 24.6 Å². The molecular weight excluding hydrogens is 391 g/mol. The Hall–Kier alpha value is -3.28. The van der Waals surface area contributed by atoms with Crippen LogP contribution in [0.5, 0.6) is 0 Å². The zero-order chi connectivity index (χ0) is 21.0. The van der Waals surface area contributed by atoms with Crippen molar-refractivity contribution in [2.75, 3.05) is 5.32 Å². The monoisotopic (exact) mass is 409 g/mol. The lowest BCUT2D eigenvalue weighted by molar-refractivity contribution is -0.137. The fourth-order valence-electron chi connectivity index (χ4n) is 4.93. The van der Waals surface area contributed by atoms with Gasteiger partial charge in [-0.25, -0.2) is 4.79 Å². The molecule has 0 saturated carbocycles. The van der Waals surface area contributed by atoms with E-state index in [9.17, 15) is 23.1 Å². The van der Waals surface area contributed by atoms with Crippen LogP contribution in [0, 0.1) is 5.92 Å². The lowest BCUT2D eigenvalue weighted by atomic mass is 9.75. The summed E-state index contributed by atoms with van der Waals surface area (Å²) in [5, 5.41) is 12.8. The number of rotatable bonds is 2. The molecule has 0 bridgehead atoms. The molecule has 0 radical (unpaired) electrons. The summed E-state index contributed by atoms with van der Waals surface area (Å²) in [6, 6.07) is 18.1. The van der Waals surface area contributed by atoms with Gasteiger partial charge in [0.25, 0.3) is 0 Å². The van der Waals surface area contributed by atoms with Gasteiger partial charge in [-0.15, -0.1) is 0 Å². The molecule has 3 aromatic rings. The van der Waals surface area contributed by atoms with Gasteiger partial charge in [0.15, 0.2) is 0 Å². The highest BCUT2D eigenvalue weighted by atomic mass is 19.4. The molecule has 0 fully saturated rings. The molecule has 0 unspecified atom stereocenters. The molecule has 0 amide bonds. The summed E-state index contributed by atoms with van der Waals surface area (Å²) in [5.41, 5.74) is 4.04. The number of hydrogen-bond donors (Lipinski definition) is 2. The molecule has 3 aromatic carbocycles. The highest BCUT2D eigenvalue weighted by molar-refractivity contribution is 5.89. The smallest absolute Gasteiger partial charge is 0.416 e. The average Bonchev–Trinajstić information content (AvgIpc) is 3.12. The molecule has 6 heteroatoms. The molecule has 1 heterocycles. The quantitative estimate of drug-likeness (QED) is 0.556. The van der Waals surface area contributed by atoms with Crippen LogP contribution in [0.4, 0.5) is 18.9 Å². The third kappa shape index (κ3) is 2.95. The maximum Gasteiger partial charge on any atom is 0.416 e. The minimum atomic E-state index is -4.41. The Morgan fingerprint density at radius 3 is 2.53 bits per heavy atom. The largest absolute Gasteiger partial charge is 0.478 e. The molecule has 3 atom stereocenters. The van der Waals surface area contributed by atoms with Crippen LogP contribution in [0.15, 0.2) is 66.7 Å². The van der Waals surface area contributed by atoms with Gasteiger partial charge in [-0.3, -0.25) is 0 Å². The fraction of sp³-hybridized carbons (Fsp3) is 0.208. The molecule has 0 spiro atoms. The first-order valence-corrected chi connectivity index (χ1v) is 9.71. The lowest BCUT2D eigenvalue weighted by Gasteiger charge is -2.38. The number of anilines is 1. The molecule has 30 heavy (non-hydrogen) atoms. The van der Waals surface area contributed by atoms with Crippen LogP contribution >= 0.6 is 0 Å². The van der Waals surface area contributed by atoms with Crippen molar-refractivity contribution in [3.05, 3.63) is 100 Å². The number of carbonyl (C=O) groups is 1. The maximum atomic E-state index is 13.3. The first-order valence-electron chi connectivity index (χ1n) is 9.71. The summed E-state index contributed by atoms with van der Waals surface area (Å²) in [4.78, 5) is 11.5. The number of carboxylic acid groups (broad SMARTS) is 1. The first-order chi connectivity index (χ1) is 14.3. The van der Waals surface area contributed by atoms with Crippen LogP contribution < -0.4 is 5.32 Å². The summed E-state index contributed by atoms with van der Waals surface area (Å²) >= 11 is 0. The van der Waals surface area contributed by atoms with Crippen molar-refractivity contribution in [3.63, 3.8) is 0 Å². The molecule has 1 aliphatic carbocycles. The summed E-state index contributed by atoms with van der Waals surface area (Å²) in [6.07, 6.45) is -3.69. The number of hydrogen-bond acceptors (Lipinski definition) is 2. The van der Waals surface area contributed by atoms with Crippen molar-refractivity contribution in [2.24, 2.45) is 5.92 Å². The van der Waals surface area contributed by atoms with E-state index in [2.05, 4.69) is 5.32 Å². The Morgan fingerprint density at radius 2 is 1.77 bits per heavy atom. The lowest BCUT2D eigenvalue weighted by Crippen LogP contribution is -2.30. The van der Waals surface area contributed by atoms with E-state index in [1.54, 1.807) is 18.2 Å². The molecule has 152 valence electrons. The SMILES string of the molecule is O=C(O)c1ccc2c(c1)[C@@H]1c3ccccc3C[C@@H]1[C@H](c1cccc(C(F)(F)F)c1)N2. The third-order valence-corrected chi connectivity index (χ3v) is 6.22. The van der Waals surface area contributed by atoms with E-state index in [0.717, 1.165) is 28.4 Å². The number of fused-ring (bicyclic) bond motifs is 5. The van der Waals surface area contributed by atoms with Gasteiger partial charge in [-0.05, 0) is 64.9 Å². The maximum absolute atomic E-state index is 13.3. The van der Waals surface area contributed by atoms with Crippen molar-refractivity contribution in [3.8, 4) is 0 Å². The standard InChI is InChI=1S/C24H18F3NO2/c25-24(26,27)16-6-3-5-14(10-16)22-19-11-13-4-1-2-7-17(13)21(19)18-12-15(23(29)30)8-9-20(18)28-22/h1-10,12,19,21-22,28H,11H2,(H,29,30)/t19-,21-,22-/m0/s1. The highest BCUT2D eigenvalue weighted by Gasteiger charge is 2.44. The predicted octanol–water partition coefficient (Wildman–Crippen LogP) is 5.87. The third-order valence-electron chi connectivity index (χ3n) is 6.22. The Balaban J connectivity index is 1.66. The van der Waals surface area contributed by atoms with Gasteiger partial charge in [-0.2, -0.15) is 13.2 Å². The van der Waals surface area contributed by atoms with Crippen LogP contribution in [0.2, 0.25) is 0 Å². The second kappa shape index (κ2) is 6.62. The molecule has 1 aliphatic heterocycles. The van der Waals surface area contributed by atoms with Gasteiger partial charge in [0, 0.05) is 11.6 Å². The van der Waals surface area contributed by atoms with E-state index in [-0.39, 0.29) is 23.4 Å². The van der Waals surface area contributed by atoms with Gasteiger partial charge in [-0.1, -0.05) is 36.4 Å².